The van der Waals surface area contributed by atoms with Crippen molar-refractivity contribution in [3.8, 4) is 16.9 Å². The molecule has 0 atom stereocenters. The number of carbonyl (C=O) groups is 1. The van der Waals surface area contributed by atoms with Gasteiger partial charge in [-0.2, -0.15) is 5.10 Å². The van der Waals surface area contributed by atoms with E-state index in [1.807, 2.05) is 4.72 Å². The van der Waals surface area contributed by atoms with Crippen LogP contribution in [0.4, 0.5) is 4.39 Å². The van der Waals surface area contributed by atoms with E-state index in [1.54, 1.807) is 47.3 Å². The molecular formula is C19H17ClFN3O3S. The summed E-state index contributed by atoms with van der Waals surface area (Å²) in [5, 5.41) is 5.14. The summed E-state index contributed by atoms with van der Waals surface area (Å²) in [7, 11) is -3.61. The predicted octanol–water partition coefficient (Wildman–Crippen LogP) is 3.34. The van der Waals surface area contributed by atoms with Crippen LogP contribution in [0.3, 0.4) is 0 Å². The number of rotatable bonds is 6. The molecule has 0 fully saturated rings. The molecule has 0 spiro atoms. The molecule has 146 valence electrons. The highest BCUT2D eigenvalue weighted by molar-refractivity contribution is 7.89. The Bertz CT molecular complexity index is 1090. The van der Waals surface area contributed by atoms with E-state index in [9.17, 15) is 17.6 Å². The van der Waals surface area contributed by atoms with Gasteiger partial charge in [-0.1, -0.05) is 23.7 Å². The van der Waals surface area contributed by atoms with Crippen LogP contribution in [-0.2, 0) is 21.2 Å². The van der Waals surface area contributed by atoms with Crippen molar-refractivity contribution in [2.45, 2.75) is 12.8 Å². The minimum atomic E-state index is -3.61. The standard InChI is InChI=1S/C19H17ClFN3O3S/c1-28(26,27)23-18(25)11-4-14-12-24(17-9-7-16(21)8-10-17)22-19(14)13-2-5-15(20)6-3-13/h2-3,5-10,12H,4,11H2,1H3,(H,23,25). The van der Waals surface area contributed by atoms with Gasteiger partial charge in [-0.15, -0.1) is 0 Å². The van der Waals surface area contributed by atoms with Crippen LogP contribution in [0.2, 0.25) is 5.02 Å². The van der Waals surface area contributed by atoms with Crippen LogP contribution in [0.5, 0.6) is 0 Å². The Morgan fingerprint density at radius 1 is 1.14 bits per heavy atom. The minimum absolute atomic E-state index is 0.0250. The van der Waals surface area contributed by atoms with Crippen molar-refractivity contribution >= 4 is 27.5 Å². The second kappa shape index (κ2) is 8.12. The number of sulfonamides is 1. The number of halogens is 2. The Kier molecular flexibility index (Phi) is 5.81. The summed E-state index contributed by atoms with van der Waals surface area (Å²) in [5.41, 5.74) is 2.83. The number of hydrogen-bond donors (Lipinski definition) is 1. The SMILES string of the molecule is CS(=O)(=O)NC(=O)CCc1cn(-c2ccc(F)cc2)nc1-c1ccc(Cl)cc1. The molecule has 1 aromatic heterocycles. The average Bonchev–Trinajstić information content (AvgIpc) is 3.04. The molecule has 0 aliphatic carbocycles. The fourth-order valence-electron chi connectivity index (χ4n) is 2.68. The molecule has 0 saturated heterocycles. The van der Waals surface area contributed by atoms with Crippen molar-refractivity contribution in [2.75, 3.05) is 6.26 Å². The second-order valence-electron chi connectivity index (χ2n) is 6.23. The van der Waals surface area contributed by atoms with E-state index >= 15 is 0 Å². The quantitative estimate of drug-likeness (QED) is 0.661. The van der Waals surface area contributed by atoms with Gasteiger partial charge in [0.15, 0.2) is 0 Å². The molecule has 2 aromatic carbocycles. The Labute approximate surface area is 167 Å². The molecule has 0 bridgehead atoms. The van der Waals surface area contributed by atoms with Crippen molar-refractivity contribution in [2.24, 2.45) is 0 Å². The molecule has 0 saturated carbocycles. The van der Waals surface area contributed by atoms with Gasteiger partial charge in [-0.05, 0) is 48.4 Å². The lowest BCUT2D eigenvalue weighted by Crippen LogP contribution is -2.29. The van der Waals surface area contributed by atoms with Crippen molar-refractivity contribution in [1.82, 2.24) is 14.5 Å². The summed E-state index contributed by atoms with van der Waals surface area (Å²) in [6.07, 6.45) is 2.92. The normalized spacial score (nSPS) is 11.4. The van der Waals surface area contributed by atoms with Crippen molar-refractivity contribution in [3.05, 3.63) is 71.1 Å². The number of carbonyl (C=O) groups excluding carboxylic acids is 1. The number of aromatic nitrogens is 2. The maximum absolute atomic E-state index is 13.2. The highest BCUT2D eigenvalue weighted by Crippen LogP contribution is 2.26. The molecule has 3 rings (SSSR count). The smallest absolute Gasteiger partial charge is 0.233 e. The van der Waals surface area contributed by atoms with Gasteiger partial charge in [0.2, 0.25) is 15.9 Å². The summed E-state index contributed by atoms with van der Waals surface area (Å²) >= 11 is 5.95. The predicted molar refractivity (Wildman–Crippen MR) is 105 cm³/mol. The van der Waals surface area contributed by atoms with Gasteiger partial charge in [-0.25, -0.2) is 17.5 Å². The van der Waals surface area contributed by atoms with E-state index in [4.69, 9.17) is 11.6 Å². The minimum Gasteiger partial charge on any atom is -0.274 e. The Balaban J connectivity index is 1.93. The second-order valence-corrected chi connectivity index (χ2v) is 8.41. The molecule has 0 radical (unpaired) electrons. The number of aryl methyl sites for hydroxylation is 1. The van der Waals surface area contributed by atoms with Crippen LogP contribution in [-0.4, -0.2) is 30.4 Å². The number of nitrogens with one attached hydrogen (secondary N) is 1. The molecule has 1 N–H and O–H groups in total. The van der Waals surface area contributed by atoms with Gasteiger partial charge in [-0.3, -0.25) is 9.52 Å². The molecule has 3 aromatic rings. The molecule has 28 heavy (non-hydrogen) atoms. The monoisotopic (exact) mass is 421 g/mol. The molecule has 1 amide bonds. The third kappa shape index (κ3) is 5.17. The molecule has 0 aliphatic heterocycles. The molecule has 6 nitrogen and oxygen atoms in total. The summed E-state index contributed by atoms with van der Waals surface area (Å²) < 4.78 is 39.1. The molecule has 9 heteroatoms. The molecule has 0 unspecified atom stereocenters. The summed E-state index contributed by atoms with van der Waals surface area (Å²) in [4.78, 5) is 11.9. The van der Waals surface area contributed by atoms with Gasteiger partial charge >= 0.3 is 0 Å². The average molecular weight is 422 g/mol. The lowest BCUT2D eigenvalue weighted by atomic mass is 10.0. The first kappa shape index (κ1) is 20.0. The van der Waals surface area contributed by atoms with Crippen LogP contribution < -0.4 is 4.72 Å². The van der Waals surface area contributed by atoms with E-state index in [2.05, 4.69) is 5.10 Å². The fourth-order valence-corrected chi connectivity index (χ4v) is 3.32. The zero-order chi connectivity index (χ0) is 20.3. The van der Waals surface area contributed by atoms with Crippen LogP contribution in [0, 0.1) is 5.82 Å². The van der Waals surface area contributed by atoms with Gasteiger partial charge in [0.05, 0.1) is 17.6 Å². The maximum Gasteiger partial charge on any atom is 0.233 e. The summed E-state index contributed by atoms with van der Waals surface area (Å²) in [5.74, 6) is -0.953. The summed E-state index contributed by atoms with van der Waals surface area (Å²) in [6.45, 7) is 0. The van der Waals surface area contributed by atoms with Gasteiger partial charge < -0.3 is 0 Å². The Morgan fingerprint density at radius 2 is 1.79 bits per heavy atom. The summed E-state index contributed by atoms with van der Waals surface area (Å²) in [6, 6.07) is 12.9. The van der Waals surface area contributed by atoms with Gasteiger partial charge in [0.25, 0.3) is 0 Å². The highest BCUT2D eigenvalue weighted by Gasteiger charge is 2.15. The first-order valence-corrected chi connectivity index (χ1v) is 10.6. The van der Waals surface area contributed by atoms with E-state index in [1.165, 1.54) is 12.1 Å². The highest BCUT2D eigenvalue weighted by atomic mass is 35.5. The zero-order valence-corrected chi connectivity index (χ0v) is 16.5. The van der Waals surface area contributed by atoms with E-state index in [-0.39, 0.29) is 18.7 Å². The first-order chi connectivity index (χ1) is 13.2. The topological polar surface area (TPSA) is 81.1 Å². The van der Waals surface area contributed by atoms with E-state index in [0.717, 1.165) is 17.4 Å². The first-order valence-electron chi connectivity index (χ1n) is 8.32. The van der Waals surface area contributed by atoms with Crippen molar-refractivity contribution in [3.63, 3.8) is 0 Å². The van der Waals surface area contributed by atoms with Crippen LogP contribution in [0.15, 0.2) is 54.7 Å². The lowest BCUT2D eigenvalue weighted by molar-refractivity contribution is -0.119. The van der Waals surface area contributed by atoms with Crippen molar-refractivity contribution < 1.29 is 17.6 Å². The van der Waals surface area contributed by atoms with E-state index in [0.29, 0.717) is 16.4 Å². The van der Waals surface area contributed by atoms with Crippen molar-refractivity contribution in [1.29, 1.82) is 0 Å². The van der Waals surface area contributed by atoms with Crippen LogP contribution in [0.25, 0.3) is 16.9 Å². The lowest BCUT2D eigenvalue weighted by Gasteiger charge is -2.04. The fraction of sp³-hybridized carbons (Fsp3) is 0.158. The third-order valence-corrected chi connectivity index (χ3v) is 4.77. The van der Waals surface area contributed by atoms with Crippen LogP contribution in [0.1, 0.15) is 12.0 Å². The zero-order valence-electron chi connectivity index (χ0n) is 14.9. The van der Waals surface area contributed by atoms with E-state index < -0.39 is 15.9 Å². The largest absolute Gasteiger partial charge is 0.274 e. The maximum atomic E-state index is 13.2. The number of nitrogens with zero attached hydrogens (tertiary/aromatic N) is 2. The molecule has 0 aliphatic rings. The Hall–Kier alpha value is -2.71. The molecular weight excluding hydrogens is 405 g/mol. The van der Waals surface area contributed by atoms with Gasteiger partial charge in [0.1, 0.15) is 5.82 Å². The van der Waals surface area contributed by atoms with Crippen LogP contribution >= 0.6 is 11.6 Å². The third-order valence-electron chi connectivity index (χ3n) is 3.92. The number of hydrogen-bond acceptors (Lipinski definition) is 4. The number of benzene rings is 2. The number of amides is 1. The molecule has 1 heterocycles. The Morgan fingerprint density at radius 3 is 2.39 bits per heavy atom. The van der Waals surface area contributed by atoms with Gasteiger partial charge in [0, 0.05) is 23.2 Å².